The fourth-order valence-electron chi connectivity index (χ4n) is 2.11. The Bertz CT molecular complexity index is 351. The van der Waals surface area contributed by atoms with Gasteiger partial charge in [-0.25, -0.2) is 0 Å². The van der Waals surface area contributed by atoms with Crippen LogP contribution < -0.4 is 5.32 Å². The number of rotatable bonds is 3. The van der Waals surface area contributed by atoms with Gasteiger partial charge in [-0.1, -0.05) is 17.7 Å². The van der Waals surface area contributed by atoms with Gasteiger partial charge in [0.05, 0.1) is 6.10 Å². The summed E-state index contributed by atoms with van der Waals surface area (Å²) in [5.74, 6) is 0. The van der Waals surface area contributed by atoms with Crippen LogP contribution in [-0.4, -0.2) is 17.8 Å². The lowest BCUT2D eigenvalue weighted by molar-refractivity contribution is 0.186. The molecular weight excluding hydrogens is 210 g/mol. The standard InChI is InChI=1S/C12H16ClNO/c1-8(15)7-14-12-5-2-9-6-10(13)3-4-11(9)12/h3-4,6,8,12,14-15H,2,5,7H2,1H3/t8-,12?/m0/s1. The Morgan fingerprint density at radius 3 is 3.13 bits per heavy atom. The summed E-state index contributed by atoms with van der Waals surface area (Å²) in [4.78, 5) is 0. The normalized spacial score (nSPS) is 21.4. The van der Waals surface area contributed by atoms with E-state index in [9.17, 15) is 5.11 Å². The molecule has 1 aromatic rings. The zero-order valence-corrected chi connectivity index (χ0v) is 9.59. The molecule has 0 fully saturated rings. The average Bonchev–Trinajstić information content (AvgIpc) is 2.57. The monoisotopic (exact) mass is 225 g/mol. The summed E-state index contributed by atoms with van der Waals surface area (Å²) >= 11 is 5.94. The third kappa shape index (κ3) is 2.51. The van der Waals surface area contributed by atoms with Gasteiger partial charge in [0.1, 0.15) is 0 Å². The smallest absolute Gasteiger partial charge is 0.0636 e. The maximum Gasteiger partial charge on any atom is 0.0636 e. The highest BCUT2D eigenvalue weighted by Crippen LogP contribution is 2.32. The lowest BCUT2D eigenvalue weighted by atomic mass is 10.1. The van der Waals surface area contributed by atoms with Gasteiger partial charge in [-0.05, 0) is 43.0 Å². The van der Waals surface area contributed by atoms with Crippen LogP contribution in [0.15, 0.2) is 18.2 Å². The molecule has 1 unspecified atom stereocenters. The van der Waals surface area contributed by atoms with E-state index in [1.165, 1.54) is 11.1 Å². The number of aliphatic hydroxyl groups excluding tert-OH is 1. The van der Waals surface area contributed by atoms with Crippen LogP contribution >= 0.6 is 11.6 Å². The highest BCUT2D eigenvalue weighted by atomic mass is 35.5. The quantitative estimate of drug-likeness (QED) is 0.828. The van der Waals surface area contributed by atoms with Gasteiger partial charge in [0.15, 0.2) is 0 Å². The van der Waals surface area contributed by atoms with E-state index >= 15 is 0 Å². The van der Waals surface area contributed by atoms with Crippen molar-refractivity contribution in [1.82, 2.24) is 5.32 Å². The molecule has 2 nitrogen and oxygen atoms in total. The Balaban J connectivity index is 2.08. The maximum atomic E-state index is 9.22. The van der Waals surface area contributed by atoms with Crippen LogP contribution in [0, 0.1) is 0 Å². The molecular formula is C12H16ClNO. The van der Waals surface area contributed by atoms with Crippen molar-refractivity contribution in [2.75, 3.05) is 6.54 Å². The molecule has 0 spiro atoms. The maximum absolute atomic E-state index is 9.22. The molecule has 82 valence electrons. The van der Waals surface area contributed by atoms with E-state index in [0.29, 0.717) is 12.6 Å². The summed E-state index contributed by atoms with van der Waals surface area (Å²) in [6.07, 6.45) is 1.89. The molecule has 3 heteroatoms. The van der Waals surface area contributed by atoms with Gasteiger partial charge in [0.25, 0.3) is 0 Å². The Morgan fingerprint density at radius 2 is 2.40 bits per heavy atom. The summed E-state index contributed by atoms with van der Waals surface area (Å²) in [5.41, 5.74) is 2.67. The van der Waals surface area contributed by atoms with Crippen LogP contribution in [0.5, 0.6) is 0 Å². The highest BCUT2D eigenvalue weighted by molar-refractivity contribution is 6.30. The SMILES string of the molecule is C[C@H](O)CNC1CCc2cc(Cl)ccc21. The van der Waals surface area contributed by atoms with Crippen LogP contribution in [0.25, 0.3) is 0 Å². The molecule has 0 aliphatic heterocycles. The molecule has 0 radical (unpaired) electrons. The van der Waals surface area contributed by atoms with E-state index in [1.54, 1.807) is 6.92 Å². The van der Waals surface area contributed by atoms with Gasteiger partial charge in [-0.2, -0.15) is 0 Å². The fourth-order valence-corrected chi connectivity index (χ4v) is 2.31. The summed E-state index contributed by atoms with van der Waals surface area (Å²) in [7, 11) is 0. The lowest BCUT2D eigenvalue weighted by Gasteiger charge is -2.15. The van der Waals surface area contributed by atoms with E-state index in [-0.39, 0.29) is 6.10 Å². The molecule has 0 aromatic heterocycles. The van der Waals surface area contributed by atoms with Crippen molar-refractivity contribution >= 4 is 11.6 Å². The molecule has 0 heterocycles. The Labute approximate surface area is 95.3 Å². The van der Waals surface area contributed by atoms with Crippen molar-refractivity contribution in [3.05, 3.63) is 34.3 Å². The largest absolute Gasteiger partial charge is 0.392 e. The third-order valence-electron chi connectivity index (χ3n) is 2.84. The second-order valence-corrected chi connectivity index (χ2v) is 4.63. The minimum atomic E-state index is -0.290. The molecule has 1 aromatic carbocycles. The van der Waals surface area contributed by atoms with Crippen LogP contribution in [0.1, 0.15) is 30.5 Å². The second kappa shape index (κ2) is 4.52. The summed E-state index contributed by atoms with van der Waals surface area (Å²) in [5, 5.41) is 13.4. The first-order chi connectivity index (χ1) is 7.16. The van der Waals surface area contributed by atoms with Crippen molar-refractivity contribution in [2.45, 2.75) is 31.9 Å². The van der Waals surface area contributed by atoms with Crippen LogP contribution in [0.4, 0.5) is 0 Å². The molecule has 2 rings (SSSR count). The van der Waals surface area contributed by atoms with Crippen LogP contribution in [-0.2, 0) is 6.42 Å². The third-order valence-corrected chi connectivity index (χ3v) is 3.08. The molecule has 2 N–H and O–H groups in total. The Kier molecular flexibility index (Phi) is 3.29. The minimum Gasteiger partial charge on any atom is -0.392 e. The first kappa shape index (κ1) is 10.9. The molecule has 2 atom stereocenters. The first-order valence-corrected chi connectivity index (χ1v) is 5.74. The van der Waals surface area contributed by atoms with Gasteiger partial charge in [0, 0.05) is 17.6 Å². The topological polar surface area (TPSA) is 32.3 Å². The number of aliphatic hydroxyl groups is 1. The van der Waals surface area contributed by atoms with E-state index in [4.69, 9.17) is 11.6 Å². The van der Waals surface area contributed by atoms with E-state index in [0.717, 1.165) is 17.9 Å². The second-order valence-electron chi connectivity index (χ2n) is 4.19. The minimum absolute atomic E-state index is 0.290. The number of fused-ring (bicyclic) bond motifs is 1. The molecule has 15 heavy (non-hydrogen) atoms. The number of benzene rings is 1. The lowest BCUT2D eigenvalue weighted by Crippen LogP contribution is -2.27. The molecule has 0 amide bonds. The zero-order chi connectivity index (χ0) is 10.8. The molecule has 0 bridgehead atoms. The fraction of sp³-hybridized carbons (Fsp3) is 0.500. The zero-order valence-electron chi connectivity index (χ0n) is 8.83. The van der Waals surface area contributed by atoms with E-state index < -0.39 is 0 Å². The predicted molar refractivity (Wildman–Crippen MR) is 62.2 cm³/mol. The van der Waals surface area contributed by atoms with Gasteiger partial charge in [0.2, 0.25) is 0 Å². The summed E-state index contributed by atoms with van der Waals surface area (Å²) in [6, 6.07) is 6.44. The van der Waals surface area contributed by atoms with Crippen molar-refractivity contribution < 1.29 is 5.11 Å². The van der Waals surface area contributed by atoms with Gasteiger partial charge < -0.3 is 10.4 Å². The van der Waals surface area contributed by atoms with Gasteiger partial charge >= 0.3 is 0 Å². The molecule has 1 aliphatic carbocycles. The number of nitrogens with one attached hydrogen (secondary N) is 1. The van der Waals surface area contributed by atoms with E-state index in [1.807, 2.05) is 12.1 Å². The van der Waals surface area contributed by atoms with Crippen molar-refractivity contribution in [1.29, 1.82) is 0 Å². The van der Waals surface area contributed by atoms with Crippen LogP contribution in [0.3, 0.4) is 0 Å². The number of hydrogen-bond acceptors (Lipinski definition) is 2. The Hall–Kier alpha value is -0.570. The van der Waals surface area contributed by atoms with Gasteiger partial charge in [-0.15, -0.1) is 0 Å². The first-order valence-electron chi connectivity index (χ1n) is 5.36. The Morgan fingerprint density at radius 1 is 1.60 bits per heavy atom. The van der Waals surface area contributed by atoms with Crippen molar-refractivity contribution in [3.63, 3.8) is 0 Å². The van der Waals surface area contributed by atoms with Gasteiger partial charge in [-0.3, -0.25) is 0 Å². The van der Waals surface area contributed by atoms with Crippen molar-refractivity contribution in [3.8, 4) is 0 Å². The molecule has 0 saturated heterocycles. The summed E-state index contributed by atoms with van der Waals surface area (Å²) < 4.78 is 0. The number of aryl methyl sites for hydroxylation is 1. The highest BCUT2D eigenvalue weighted by Gasteiger charge is 2.21. The molecule has 0 saturated carbocycles. The van der Waals surface area contributed by atoms with E-state index in [2.05, 4.69) is 11.4 Å². The number of hydrogen-bond donors (Lipinski definition) is 2. The van der Waals surface area contributed by atoms with Crippen molar-refractivity contribution in [2.24, 2.45) is 0 Å². The number of halogens is 1. The predicted octanol–water partition coefficient (Wildman–Crippen LogP) is 2.30. The molecule has 1 aliphatic rings. The summed E-state index contributed by atoms with van der Waals surface area (Å²) in [6.45, 7) is 2.44. The average molecular weight is 226 g/mol. The van der Waals surface area contributed by atoms with Crippen LogP contribution in [0.2, 0.25) is 5.02 Å².